The largest absolute Gasteiger partial charge is 0.346 e. The average molecular weight is 361 g/mol. The number of nitrogens with one attached hydrogen (secondary N) is 1. The van der Waals surface area contributed by atoms with Crippen LogP contribution in [-0.2, 0) is 5.54 Å². The molecule has 0 bridgehead atoms. The van der Waals surface area contributed by atoms with Crippen molar-refractivity contribution in [1.82, 2.24) is 19.7 Å². The molecule has 0 spiro atoms. The maximum Gasteiger partial charge on any atom is 0.269 e. The molecule has 27 heavy (non-hydrogen) atoms. The minimum Gasteiger partial charge on any atom is -0.346 e. The molecule has 0 fully saturated rings. The van der Waals surface area contributed by atoms with E-state index in [1.165, 1.54) is 12.1 Å². The maximum atomic E-state index is 11.0. The van der Waals surface area contributed by atoms with Crippen LogP contribution >= 0.6 is 0 Å². The van der Waals surface area contributed by atoms with Gasteiger partial charge >= 0.3 is 0 Å². The van der Waals surface area contributed by atoms with Crippen molar-refractivity contribution in [1.29, 1.82) is 0 Å². The van der Waals surface area contributed by atoms with Gasteiger partial charge in [-0.25, -0.2) is 4.98 Å². The first kappa shape index (κ1) is 17.0. The quantitative estimate of drug-likeness (QED) is 0.421. The fourth-order valence-corrected chi connectivity index (χ4v) is 3.27. The highest BCUT2D eigenvalue weighted by Crippen LogP contribution is 2.38. The molecule has 0 saturated heterocycles. The number of fused-ring (bicyclic) bond motifs is 1. The predicted octanol–water partition coefficient (Wildman–Crippen LogP) is 4.76. The Labute approximate surface area is 155 Å². The highest BCUT2D eigenvalue weighted by atomic mass is 16.6. The SMILES string of the molecule is CC(C)(C)n1ncc(-c2ccnc3[nH]ccc23)c1-c1ccc([N+](=O)[O-])cc1. The molecule has 0 atom stereocenters. The molecule has 1 N–H and O–H groups in total. The number of nitro benzene ring substituents is 1. The molecule has 0 unspecified atom stereocenters. The summed E-state index contributed by atoms with van der Waals surface area (Å²) < 4.78 is 1.96. The van der Waals surface area contributed by atoms with Gasteiger partial charge in [-0.05, 0) is 50.6 Å². The monoisotopic (exact) mass is 361 g/mol. The van der Waals surface area contributed by atoms with E-state index in [0.717, 1.165) is 33.4 Å². The van der Waals surface area contributed by atoms with Crippen LogP contribution in [-0.4, -0.2) is 24.7 Å². The molecule has 0 aliphatic carbocycles. The van der Waals surface area contributed by atoms with E-state index in [1.54, 1.807) is 18.3 Å². The Morgan fingerprint density at radius 2 is 1.81 bits per heavy atom. The molecule has 0 aliphatic heterocycles. The van der Waals surface area contributed by atoms with Crippen molar-refractivity contribution in [2.75, 3.05) is 0 Å². The second kappa shape index (κ2) is 6.05. The Morgan fingerprint density at radius 3 is 2.48 bits per heavy atom. The van der Waals surface area contributed by atoms with Crippen molar-refractivity contribution < 1.29 is 4.92 Å². The van der Waals surface area contributed by atoms with Gasteiger partial charge in [0.2, 0.25) is 0 Å². The molecule has 136 valence electrons. The minimum atomic E-state index is -0.391. The molecule has 1 aromatic carbocycles. The number of aromatic nitrogens is 4. The number of non-ortho nitro benzene ring substituents is 1. The Balaban J connectivity index is 1.98. The van der Waals surface area contributed by atoms with Crippen LogP contribution in [0.2, 0.25) is 0 Å². The lowest BCUT2D eigenvalue weighted by Gasteiger charge is -2.23. The molecule has 0 aliphatic rings. The number of aromatic amines is 1. The third kappa shape index (κ3) is 2.87. The van der Waals surface area contributed by atoms with Crippen LogP contribution in [0.15, 0.2) is 55.0 Å². The standard InChI is InChI=1S/C20H19N5O2/c1-20(2,3)24-18(13-4-6-14(7-5-13)25(26)27)17(12-23-24)15-8-10-21-19-16(15)9-11-22-19/h4-12H,1-3H3,(H,21,22). The van der Waals surface area contributed by atoms with Gasteiger partial charge in [0.25, 0.3) is 5.69 Å². The Bertz CT molecular complexity index is 1130. The second-order valence-electron chi connectivity index (χ2n) is 7.39. The number of rotatable bonds is 3. The lowest BCUT2D eigenvalue weighted by atomic mass is 9.98. The van der Waals surface area contributed by atoms with Crippen LogP contribution in [0.1, 0.15) is 20.8 Å². The van der Waals surface area contributed by atoms with Gasteiger partial charge in [0.1, 0.15) is 5.65 Å². The first-order valence-corrected chi connectivity index (χ1v) is 8.62. The topological polar surface area (TPSA) is 89.6 Å². The van der Waals surface area contributed by atoms with E-state index in [4.69, 9.17) is 0 Å². The predicted molar refractivity (Wildman–Crippen MR) is 104 cm³/mol. The molecule has 0 saturated carbocycles. The van der Waals surface area contributed by atoms with E-state index in [2.05, 4.69) is 35.8 Å². The van der Waals surface area contributed by atoms with Crippen molar-refractivity contribution in [3.63, 3.8) is 0 Å². The summed E-state index contributed by atoms with van der Waals surface area (Å²) in [7, 11) is 0. The minimum absolute atomic E-state index is 0.0686. The number of H-pyrrole nitrogens is 1. The number of hydrogen-bond acceptors (Lipinski definition) is 4. The number of pyridine rings is 1. The number of benzene rings is 1. The van der Waals surface area contributed by atoms with Gasteiger partial charge in [-0.1, -0.05) is 0 Å². The van der Waals surface area contributed by atoms with E-state index < -0.39 is 4.92 Å². The second-order valence-corrected chi connectivity index (χ2v) is 7.39. The first-order chi connectivity index (χ1) is 12.9. The van der Waals surface area contributed by atoms with Gasteiger partial charge in [0.05, 0.1) is 22.4 Å². The smallest absolute Gasteiger partial charge is 0.269 e. The summed E-state index contributed by atoms with van der Waals surface area (Å²) in [6.07, 6.45) is 5.48. The Hall–Kier alpha value is -3.48. The zero-order valence-electron chi connectivity index (χ0n) is 15.3. The summed E-state index contributed by atoms with van der Waals surface area (Å²) in [4.78, 5) is 18.1. The van der Waals surface area contributed by atoms with Gasteiger partial charge in [-0.2, -0.15) is 5.10 Å². The summed E-state index contributed by atoms with van der Waals surface area (Å²) in [5.41, 5.74) is 4.41. The Kier molecular flexibility index (Phi) is 3.80. The highest BCUT2D eigenvalue weighted by molar-refractivity contribution is 5.97. The fourth-order valence-electron chi connectivity index (χ4n) is 3.27. The summed E-state index contributed by atoms with van der Waals surface area (Å²) in [5.74, 6) is 0. The summed E-state index contributed by atoms with van der Waals surface area (Å²) >= 11 is 0. The summed E-state index contributed by atoms with van der Waals surface area (Å²) in [6, 6.07) is 10.6. The van der Waals surface area contributed by atoms with E-state index in [-0.39, 0.29) is 11.2 Å². The average Bonchev–Trinajstić information content (AvgIpc) is 3.28. The lowest BCUT2D eigenvalue weighted by molar-refractivity contribution is -0.384. The first-order valence-electron chi connectivity index (χ1n) is 8.62. The van der Waals surface area contributed by atoms with Gasteiger partial charge in [-0.15, -0.1) is 0 Å². The van der Waals surface area contributed by atoms with Gasteiger partial charge < -0.3 is 4.98 Å². The van der Waals surface area contributed by atoms with Crippen LogP contribution in [0.4, 0.5) is 5.69 Å². The third-order valence-corrected chi connectivity index (χ3v) is 4.51. The van der Waals surface area contributed by atoms with Crippen molar-refractivity contribution in [2.45, 2.75) is 26.3 Å². The van der Waals surface area contributed by atoms with Crippen LogP contribution in [0.3, 0.4) is 0 Å². The van der Waals surface area contributed by atoms with E-state index >= 15 is 0 Å². The van der Waals surface area contributed by atoms with E-state index in [1.807, 2.05) is 29.2 Å². The molecule has 4 rings (SSSR count). The van der Waals surface area contributed by atoms with Crippen molar-refractivity contribution in [3.05, 3.63) is 65.1 Å². The highest BCUT2D eigenvalue weighted by Gasteiger charge is 2.24. The van der Waals surface area contributed by atoms with E-state index in [0.29, 0.717) is 0 Å². The van der Waals surface area contributed by atoms with Crippen molar-refractivity contribution in [3.8, 4) is 22.4 Å². The molecule has 3 aromatic heterocycles. The number of hydrogen-bond donors (Lipinski definition) is 1. The normalized spacial score (nSPS) is 11.8. The number of nitrogens with zero attached hydrogens (tertiary/aromatic N) is 4. The van der Waals surface area contributed by atoms with Crippen LogP contribution < -0.4 is 0 Å². The molecule has 0 radical (unpaired) electrons. The summed E-state index contributed by atoms with van der Waals surface area (Å²) in [6.45, 7) is 6.24. The lowest BCUT2D eigenvalue weighted by Crippen LogP contribution is -2.24. The third-order valence-electron chi connectivity index (χ3n) is 4.51. The van der Waals surface area contributed by atoms with Crippen LogP contribution in [0, 0.1) is 10.1 Å². The number of nitro groups is 1. The van der Waals surface area contributed by atoms with Gasteiger partial charge in [0, 0.05) is 41.0 Å². The molecule has 3 heterocycles. The molecule has 4 aromatic rings. The van der Waals surface area contributed by atoms with E-state index in [9.17, 15) is 10.1 Å². The molecular formula is C20H19N5O2. The molecule has 0 amide bonds. The Morgan fingerprint density at radius 1 is 1.07 bits per heavy atom. The van der Waals surface area contributed by atoms with Gasteiger partial charge in [0.15, 0.2) is 0 Å². The molecule has 7 nitrogen and oxygen atoms in total. The maximum absolute atomic E-state index is 11.0. The fraction of sp³-hybridized carbons (Fsp3) is 0.200. The van der Waals surface area contributed by atoms with Crippen molar-refractivity contribution in [2.24, 2.45) is 0 Å². The van der Waals surface area contributed by atoms with Crippen LogP contribution in [0.5, 0.6) is 0 Å². The molecule has 7 heteroatoms. The zero-order chi connectivity index (χ0) is 19.2. The zero-order valence-corrected chi connectivity index (χ0v) is 15.3. The molecular weight excluding hydrogens is 342 g/mol. The van der Waals surface area contributed by atoms with Crippen molar-refractivity contribution >= 4 is 16.7 Å². The van der Waals surface area contributed by atoms with Crippen LogP contribution in [0.25, 0.3) is 33.4 Å². The summed E-state index contributed by atoms with van der Waals surface area (Å²) in [5, 5.41) is 16.7. The van der Waals surface area contributed by atoms with Gasteiger partial charge in [-0.3, -0.25) is 14.8 Å².